The van der Waals surface area contributed by atoms with Gasteiger partial charge in [0, 0.05) is 30.9 Å². The Balaban J connectivity index is 1.33. The average Bonchev–Trinajstić information content (AvgIpc) is 3.35. The monoisotopic (exact) mass is 384 g/mol. The van der Waals surface area contributed by atoms with Gasteiger partial charge in [-0.15, -0.1) is 0 Å². The van der Waals surface area contributed by atoms with Gasteiger partial charge in [0.05, 0.1) is 24.0 Å². The second-order valence-corrected chi connectivity index (χ2v) is 6.94. The molecule has 1 aromatic carbocycles. The molecule has 0 bridgehead atoms. The second kappa shape index (κ2) is 8.48. The van der Waals surface area contributed by atoms with Gasteiger partial charge >= 0.3 is 0 Å². The summed E-state index contributed by atoms with van der Waals surface area (Å²) in [6.07, 6.45) is 4.64. The van der Waals surface area contributed by atoms with E-state index in [0.29, 0.717) is 18.8 Å². The van der Waals surface area contributed by atoms with Crippen molar-refractivity contribution >= 4 is 0 Å². The van der Waals surface area contributed by atoms with Crippen LogP contribution in [0.2, 0.25) is 0 Å². The lowest BCUT2D eigenvalue weighted by Gasteiger charge is -2.22. The maximum absolute atomic E-state index is 13.2. The van der Waals surface area contributed by atoms with E-state index in [-0.39, 0.29) is 6.04 Å². The van der Waals surface area contributed by atoms with Crippen LogP contribution in [0.3, 0.4) is 0 Å². The summed E-state index contributed by atoms with van der Waals surface area (Å²) in [7, 11) is 0. The molecule has 146 valence electrons. The van der Waals surface area contributed by atoms with E-state index in [4.69, 9.17) is 4.74 Å². The van der Waals surface area contributed by atoms with Crippen LogP contribution in [-0.4, -0.2) is 33.2 Å². The van der Waals surface area contributed by atoms with E-state index >= 15 is 0 Å². The molecule has 1 aliphatic heterocycles. The molecular formula is C21H22F2N4O. The van der Waals surface area contributed by atoms with Gasteiger partial charge in [0.2, 0.25) is 0 Å². The summed E-state index contributed by atoms with van der Waals surface area (Å²) in [5, 5.41) is 7.56. The SMILES string of the molecule is Fc1ccc(OCCc2cc([C@H]3CCCN3Cc3ccccn3)n[nH]2)cc1F. The highest BCUT2D eigenvalue weighted by Crippen LogP contribution is 2.32. The molecule has 0 spiro atoms. The first-order valence-electron chi connectivity index (χ1n) is 9.45. The molecule has 3 heterocycles. The van der Waals surface area contributed by atoms with E-state index in [0.717, 1.165) is 55.1 Å². The maximum Gasteiger partial charge on any atom is 0.162 e. The Morgan fingerprint density at radius 3 is 2.89 bits per heavy atom. The van der Waals surface area contributed by atoms with Crippen molar-refractivity contribution in [3.8, 4) is 5.75 Å². The number of aromatic amines is 1. The first-order valence-corrected chi connectivity index (χ1v) is 9.45. The van der Waals surface area contributed by atoms with Crippen LogP contribution in [0.4, 0.5) is 8.78 Å². The zero-order valence-corrected chi connectivity index (χ0v) is 15.4. The number of H-pyrrole nitrogens is 1. The number of halogens is 2. The number of ether oxygens (including phenoxy) is 1. The van der Waals surface area contributed by atoms with Gasteiger partial charge in [-0.2, -0.15) is 5.10 Å². The Bertz CT molecular complexity index is 916. The highest BCUT2D eigenvalue weighted by atomic mass is 19.2. The molecule has 1 atom stereocenters. The lowest BCUT2D eigenvalue weighted by molar-refractivity contribution is 0.241. The maximum atomic E-state index is 13.2. The fourth-order valence-corrected chi connectivity index (χ4v) is 3.57. The van der Waals surface area contributed by atoms with Crippen LogP contribution in [0, 0.1) is 11.6 Å². The number of nitrogens with zero attached hydrogens (tertiary/aromatic N) is 3. The minimum absolute atomic E-state index is 0.277. The highest BCUT2D eigenvalue weighted by Gasteiger charge is 2.28. The first-order chi connectivity index (χ1) is 13.7. The third-order valence-corrected chi connectivity index (χ3v) is 4.98. The van der Waals surface area contributed by atoms with Crippen LogP contribution in [-0.2, 0) is 13.0 Å². The quantitative estimate of drug-likeness (QED) is 0.668. The molecule has 5 nitrogen and oxygen atoms in total. The molecule has 1 aliphatic rings. The van der Waals surface area contributed by atoms with Crippen molar-refractivity contribution in [1.29, 1.82) is 0 Å². The number of hydrogen-bond donors (Lipinski definition) is 1. The summed E-state index contributed by atoms with van der Waals surface area (Å²) in [4.78, 5) is 6.82. The van der Waals surface area contributed by atoms with E-state index in [9.17, 15) is 8.78 Å². The van der Waals surface area contributed by atoms with Crippen LogP contribution in [0.5, 0.6) is 5.75 Å². The van der Waals surface area contributed by atoms with Crippen molar-refractivity contribution < 1.29 is 13.5 Å². The predicted molar refractivity (Wildman–Crippen MR) is 101 cm³/mol. The average molecular weight is 384 g/mol. The molecule has 0 unspecified atom stereocenters. The molecule has 1 fully saturated rings. The lowest BCUT2D eigenvalue weighted by Crippen LogP contribution is -2.23. The Hall–Kier alpha value is -2.80. The number of benzene rings is 1. The third-order valence-electron chi connectivity index (χ3n) is 4.98. The molecule has 1 N–H and O–H groups in total. The smallest absolute Gasteiger partial charge is 0.162 e. The van der Waals surface area contributed by atoms with Gasteiger partial charge in [0.1, 0.15) is 5.75 Å². The molecule has 3 aromatic rings. The molecule has 0 saturated carbocycles. The number of aromatic nitrogens is 3. The number of hydrogen-bond acceptors (Lipinski definition) is 4. The van der Waals surface area contributed by atoms with Crippen LogP contribution < -0.4 is 4.74 Å². The van der Waals surface area contributed by atoms with Crippen molar-refractivity contribution in [2.75, 3.05) is 13.2 Å². The second-order valence-electron chi connectivity index (χ2n) is 6.94. The van der Waals surface area contributed by atoms with Crippen molar-refractivity contribution in [2.24, 2.45) is 0 Å². The standard InChI is InChI=1S/C21H22F2N4O/c22-18-7-6-17(13-19(18)23)28-11-8-15-12-20(26-25-15)21-5-3-10-27(21)14-16-4-1-2-9-24-16/h1-2,4,6-7,9,12-13,21H,3,5,8,10-11,14H2,(H,25,26)/t21-/m1/s1. The Kier molecular flexibility index (Phi) is 5.62. The fourth-order valence-electron chi connectivity index (χ4n) is 3.57. The van der Waals surface area contributed by atoms with Gasteiger partial charge in [-0.3, -0.25) is 15.0 Å². The minimum atomic E-state index is -0.907. The Morgan fingerprint density at radius 1 is 1.14 bits per heavy atom. The van der Waals surface area contributed by atoms with E-state index in [1.165, 1.54) is 6.07 Å². The van der Waals surface area contributed by atoms with E-state index < -0.39 is 11.6 Å². The van der Waals surface area contributed by atoms with E-state index in [1.807, 2.05) is 24.4 Å². The van der Waals surface area contributed by atoms with Crippen LogP contribution in [0.15, 0.2) is 48.7 Å². The Labute approximate surface area is 162 Å². The first kappa shape index (κ1) is 18.6. The largest absolute Gasteiger partial charge is 0.493 e. The van der Waals surface area contributed by atoms with Crippen LogP contribution in [0.1, 0.15) is 36.0 Å². The van der Waals surface area contributed by atoms with E-state index in [1.54, 1.807) is 0 Å². The van der Waals surface area contributed by atoms with E-state index in [2.05, 4.69) is 26.1 Å². The van der Waals surface area contributed by atoms with Crippen LogP contribution in [0.25, 0.3) is 0 Å². The van der Waals surface area contributed by atoms with Crippen molar-refractivity contribution in [3.63, 3.8) is 0 Å². The molecule has 1 saturated heterocycles. The zero-order chi connectivity index (χ0) is 19.3. The summed E-state index contributed by atoms with van der Waals surface area (Å²) in [5.41, 5.74) is 3.05. The topological polar surface area (TPSA) is 54.0 Å². The molecule has 0 amide bonds. The highest BCUT2D eigenvalue weighted by molar-refractivity contribution is 5.23. The molecule has 0 aliphatic carbocycles. The number of nitrogens with one attached hydrogen (secondary N) is 1. The normalized spacial score (nSPS) is 17.1. The Morgan fingerprint density at radius 2 is 2.07 bits per heavy atom. The minimum Gasteiger partial charge on any atom is -0.493 e. The lowest BCUT2D eigenvalue weighted by atomic mass is 10.1. The number of pyridine rings is 1. The van der Waals surface area contributed by atoms with Crippen molar-refractivity contribution in [1.82, 2.24) is 20.1 Å². The summed E-state index contributed by atoms with van der Waals surface area (Å²) in [5.74, 6) is -1.47. The van der Waals surface area contributed by atoms with Crippen LogP contribution >= 0.6 is 0 Å². The molecule has 0 radical (unpaired) electrons. The van der Waals surface area contributed by atoms with Crippen molar-refractivity contribution in [2.45, 2.75) is 31.8 Å². The van der Waals surface area contributed by atoms with Gasteiger partial charge in [-0.1, -0.05) is 6.07 Å². The molecule has 28 heavy (non-hydrogen) atoms. The number of likely N-dealkylation sites (tertiary alicyclic amines) is 1. The molecular weight excluding hydrogens is 362 g/mol. The fraction of sp³-hybridized carbons (Fsp3) is 0.333. The van der Waals surface area contributed by atoms with Crippen molar-refractivity contribution in [3.05, 3.63) is 77.4 Å². The van der Waals surface area contributed by atoms with Gasteiger partial charge in [-0.25, -0.2) is 8.78 Å². The zero-order valence-electron chi connectivity index (χ0n) is 15.4. The van der Waals surface area contributed by atoms with Gasteiger partial charge in [0.15, 0.2) is 11.6 Å². The summed E-state index contributed by atoms with van der Waals surface area (Å²) in [6.45, 7) is 2.20. The number of rotatable bonds is 7. The predicted octanol–water partition coefficient (Wildman–Crippen LogP) is 4.04. The van der Waals surface area contributed by atoms with Gasteiger partial charge in [0.25, 0.3) is 0 Å². The molecule has 4 rings (SSSR count). The van der Waals surface area contributed by atoms with Gasteiger partial charge < -0.3 is 4.74 Å². The molecule has 2 aromatic heterocycles. The molecule has 7 heteroatoms. The summed E-state index contributed by atoms with van der Waals surface area (Å²) >= 11 is 0. The summed E-state index contributed by atoms with van der Waals surface area (Å²) in [6, 6.07) is 11.9. The third kappa shape index (κ3) is 4.36. The summed E-state index contributed by atoms with van der Waals surface area (Å²) < 4.78 is 31.7. The van der Waals surface area contributed by atoms with Gasteiger partial charge in [-0.05, 0) is 49.7 Å².